The molecule has 0 radical (unpaired) electrons. The molecule has 96 valence electrons. The molecule has 0 spiro atoms. The molecule has 1 atom stereocenters. The molecule has 1 aromatic carbocycles. The fourth-order valence-corrected chi connectivity index (χ4v) is 3.72. The summed E-state index contributed by atoms with van der Waals surface area (Å²) in [7, 11) is 0. The van der Waals surface area contributed by atoms with Gasteiger partial charge in [-0.05, 0) is 52.2 Å². The molecule has 0 amide bonds. The first-order chi connectivity index (χ1) is 8.61. The van der Waals surface area contributed by atoms with Crippen molar-refractivity contribution in [2.24, 2.45) is 5.84 Å². The SMILES string of the molecule is NNC(Cc1c(Cl)cccc1Cl)c1ccc(Br)s1. The molecule has 2 rings (SSSR count). The van der Waals surface area contributed by atoms with E-state index < -0.39 is 0 Å². The highest BCUT2D eigenvalue weighted by Gasteiger charge is 2.16. The maximum atomic E-state index is 6.16. The Morgan fingerprint density at radius 1 is 1.22 bits per heavy atom. The van der Waals surface area contributed by atoms with Gasteiger partial charge in [0.1, 0.15) is 0 Å². The van der Waals surface area contributed by atoms with Crippen LogP contribution in [0.25, 0.3) is 0 Å². The van der Waals surface area contributed by atoms with Crippen LogP contribution in [0.3, 0.4) is 0 Å². The van der Waals surface area contributed by atoms with Crippen molar-refractivity contribution in [3.63, 3.8) is 0 Å². The van der Waals surface area contributed by atoms with E-state index in [-0.39, 0.29) is 6.04 Å². The second kappa shape index (κ2) is 6.37. The van der Waals surface area contributed by atoms with Crippen molar-refractivity contribution >= 4 is 50.5 Å². The Morgan fingerprint density at radius 3 is 2.39 bits per heavy atom. The zero-order valence-electron chi connectivity index (χ0n) is 9.29. The second-order valence-electron chi connectivity index (χ2n) is 3.77. The topological polar surface area (TPSA) is 38.0 Å². The van der Waals surface area contributed by atoms with Crippen LogP contribution in [0, 0.1) is 0 Å². The van der Waals surface area contributed by atoms with Gasteiger partial charge >= 0.3 is 0 Å². The Kier molecular flexibility index (Phi) is 5.06. The number of nitrogens with one attached hydrogen (secondary N) is 1. The summed E-state index contributed by atoms with van der Waals surface area (Å²) in [5, 5.41) is 1.33. The van der Waals surface area contributed by atoms with Crippen molar-refractivity contribution in [2.45, 2.75) is 12.5 Å². The summed E-state index contributed by atoms with van der Waals surface area (Å²) in [5.74, 6) is 5.62. The Balaban J connectivity index is 2.26. The molecule has 1 unspecified atom stereocenters. The standard InChI is InChI=1S/C12H11BrCl2N2S/c13-12-5-4-11(18-12)10(17-16)6-7-8(14)2-1-3-9(7)15/h1-5,10,17H,6,16H2. The molecule has 2 nitrogen and oxygen atoms in total. The lowest BCUT2D eigenvalue weighted by Crippen LogP contribution is -2.29. The van der Waals surface area contributed by atoms with Gasteiger partial charge in [0, 0.05) is 14.9 Å². The Hall–Kier alpha value is -0.100. The van der Waals surface area contributed by atoms with Crippen molar-refractivity contribution in [2.75, 3.05) is 0 Å². The predicted molar refractivity (Wildman–Crippen MR) is 82.2 cm³/mol. The lowest BCUT2D eigenvalue weighted by molar-refractivity contribution is 0.561. The normalized spacial score (nSPS) is 12.7. The molecule has 1 heterocycles. The molecule has 0 aliphatic rings. The average molecular weight is 366 g/mol. The number of nitrogens with two attached hydrogens (primary N) is 1. The number of rotatable bonds is 4. The molecule has 0 aliphatic heterocycles. The molecule has 0 saturated heterocycles. The van der Waals surface area contributed by atoms with Gasteiger partial charge in [0.15, 0.2) is 0 Å². The minimum Gasteiger partial charge on any atom is -0.271 e. The fraction of sp³-hybridized carbons (Fsp3) is 0.167. The van der Waals surface area contributed by atoms with Gasteiger partial charge in [-0.2, -0.15) is 0 Å². The molecule has 1 aromatic heterocycles. The number of hydrogen-bond donors (Lipinski definition) is 2. The molecule has 2 aromatic rings. The van der Waals surface area contributed by atoms with Gasteiger partial charge in [0.25, 0.3) is 0 Å². The van der Waals surface area contributed by atoms with E-state index in [0.29, 0.717) is 16.5 Å². The van der Waals surface area contributed by atoms with E-state index in [4.69, 9.17) is 29.0 Å². The summed E-state index contributed by atoms with van der Waals surface area (Å²) in [6, 6.07) is 9.53. The van der Waals surface area contributed by atoms with Crippen LogP contribution in [0.4, 0.5) is 0 Å². The van der Waals surface area contributed by atoms with Crippen LogP contribution in [0.15, 0.2) is 34.1 Å². The molecular weight excluding hydrogens is 355 g/mol. The summed E-state index contributed by atoms with van der Waals surface area (Å²) in [6.07, 6.45) is 0.655. The number of hydrazine groups is 1. The summed E-state index contributed by atoms with van der Waals surface area (Å²) >= 11 is 17.4. The minimum absolute atomic E-state index is 0.00120. The number of hydrogen-bond acceptors (Lipinski definition) is 3. The van der Waals surface area contributed by atoms with Crippen LogP contribution in [0.5, 0.6) is 0 Å². The molecule has 6 heteroatoms. The van der Waals surface area contributed by atoms with Gasteiger partial charge < -0.3 is 0 Å². The van der Waals surface area contributed by atoms with Crippen LogP contribution in [0.1, 0.15) is 16.5 Å². The van der Waals surface area contributed by atoms with Crippen LogP contribution in [-0.2, 0) is 6.42 Å². The number of benzene rings is 1. The first-order valence-corrected chi connectivity index (χ1v) is 7.62. The van der Waals surface area contributed by atoms with Crippen molar-refractivity contribution in [1.82, 2.24) is 5.43 Å². The van der Waals surface area contributed by atoms with Crippen LogP contribution < -0.4 is 11.3 Å². The Labute approximate surface area is 128 Å². The first kappa shape index (κ1) is 14.3. The Morgan fingerprint density at radius 2 is 1.89 bits per heavy atom. The molecule has 0 aliphatic carbocycles. The molecule has 0 bridgehead atoms. The lowest BCUT2D eigenvalue weighted by Gasteiger charge is -2.16. The quantitative estimate of drug-likeness (QED) is 0.615. The van der Waals surface area contributed by atoms with Crippen molar-refractivity contribution in [3.05, 3.63) is 54.6 Å². The summed E-state index contributed by atoms with van der Waals surface area (Å²) < 4.78 is 1.07. The van der Waals surface area contributed by atoms with Crippen molar-refractivity contribution in [1.29, 1.82) is 0 Å². The van der Waals surface area contributed by atoms with Crippen molar-refractivity contribution in [3.8, 4) is 0 Å². The summed E-state index contributed by atoms with van der Waals surface area (Å²) in [4.78, 5) is 1.14. The molecule has 0 fully saturated rings. The first-order valence-electron chi connectivity index (χ1n) is 5.26. The zero-order chi connectivity index (χ0) is 13.1. The van der Waals surface area contributed by atoms with E-state index in [1.165, 1.54) is 0 Å². The van der Waals surface area contributed by atoms with E-state index >= 15 is 0 Å². The van der Waals surface area contributed by atoms with E-state index in [0.717, 1.165) is 14.2 Å². The lowest BCUT2D eigenvalue weighted by atomic mass is 10.1. The third kappa shape index (κ3) is 3.26. The van der Waals surface area contributed by atoms with Gasteiger partial charge in [-0.3, -0.25) is 11.3 Å². The Bertz CT molecular complexity index is 524. The smallest absolute Gasteiger partial charge is 0.0702 e. The van der Waals surface area contributed by atoms with Gasteiger partial charge in [-0.25, -0.2) is 0 Å². The highest BCUT2D eigenvalue weighted by Crippen LogP contribution is 2.32. The maximum Gasteiger partial charge on any atom is 0.0702 e. The summed E-state index contributed by atoms with van der Waals surface area (Å²) in [6.45, 7) is 0. The highest BCUT2D eigenvalue weighted by atomic mass is 79.9. The zero-order valence-corrected chi connectivity index (χ0v) is 13.2. The van der Waals surface area contributed by atoms with Crippen molar-refractivity contribution < 1.29 is 0 Å². The fourth-order valence-electron chi connectivity index (χ4n) is 1.69. The van der Waals surface area contributed by atoms with Gasteiger partial charge in [0.2, 0.25) is 0 Å². The van der Waals surface area contributed by atoms with Gasteiger partial charge in [0.05, 0.1) is 9.83 Å². The third-order valence-electron chi connectivity index (χ3n) is 2.61. The van der Waals surface area contributed by atoms with Crippen LogP contribution in [-0.4, -0.2) is 0 Å². The molecule has 3 N–H and O–H groups in total. The number of halogens is 3. The van der Waals surface area contributed by atoms with E-state index in [1.807, 2.05) is 30.3 Å². The predicted octanol–water partition coefficient (Wildman–Crippen LogP) is 4.56. The average Bonchev–Trinajstić information content (AvgIpc) is 2.76. The molecule has 0 saturated carbocycles. The van der Waals surface area contributed by atoms with Crippen LogP contribution >= 0.6 is 50.5 Å². The van der Waals surface area contributed by atoms with Crippen LogP contribution in [0.2, 0.25) is 10.0 Å². The van der Waals surface area contributed by atoms with Gasteiger partial charge in [-0.15, -0.1) is 11.3 Å². The largest absolute Gasteiger partial charge is 0.271 e. The molecule has 18 heavy (non-hydrogen) atoms. The summed E-state index contributed by atoms with van der Waals surface area (Å²) in [5.41, 5.74) is 3.72. The third-order valence-corrected chi connectivity index (χ3v) is 5.05. The van der Waals surface area contributed by atoms with E-state index in [2.05, 4.69) is 21.4 Å². The second-order valence-corrected chi connectivity index (χ2v) is 7.07. The molecular formula is C12H11BrCl2N2S. The monoisotopic (exact) mass is 364 g/mol. The van der Waals surface area contributed by atoms with E-state index in [1.54, 1.807) is 11.3 Å². The maximum absolute atomic E-state index is 6.16. The van der Waals surface area contributed by atoms with E-state index in [9.17, 15) is 0 Å². The highest BCUT2D eigenvalue weighted by molar-refractivity contribution is 9.11. The minimum atomic E-state index is -0.00120. The van der Waals surface area contributed by atoms with Gasteiger partial charge in [-0.1, -0.05) is 29.3 Å². The number of thiophene rings is 1.